The monoisotopic (exact) mass is 223 g/mol. The van der Waals surface area contributed by atoms with E-state index < -0.39 is 0 Å². The zero-order valence-corrected chi connectivity index (χ0v) is 9.15. The first-order valence-corrected chi connectivity index (χ1v) is 4.78. The highest BCUT2D eigenvalue weighted by molar-refractivity contribution is 6.29. The average Bonchev–Trinajstić information content (AvgIpc) is 2.45. The molecule has 0 aliphatic rings. The summed E-state index contributed by atoms with van der Waals surface area (Å²) in [6.07, 6.45) is 3.08. The third-order valence-corrected chi connectivity index (χ3v) is 2.16. The first-order chi connectivity index (χ1) is 7.15. The van der Waals surface area contributed by atoms with E-state index in [4.69, 9.17) is 11.6 Å². The first-order valence-electron chi connectivity index (χ1n) is 4.40. The van der Waals surface area contributed by atoms with E-state index in [1.807, 2.05) is 20.0 Å². The van der Waals surface area contributed by atoms with Gasteiger partial charge in [0.05, 0.1) is 12.4 Å². The van der Waals surface area contributed by atoms with Crippen LogP contribution in [0.25, 0.3) is 0 Å². The van der Waals surface area contributed by atoms with Crippen LogP contribution in [0.4, 0.5) is 11.6 Å². The summed E-state index contributed by atoms with van der Waals surface area (Å²) in [7, 11) is 1.88. The number of aryl methyl sites for hydroxylation is 2. The fourth-order valence-corrected chi connectivity index (χ4v) is 1.30. The van der Waals surface area contributed by atoms with E-state index >= 15 is 0 Å². The van der Waals surface area contributed by atoms with Gasteiger partial charge in [-0.25, -0.2) is 4.98 Å². The average molecular weight is 224 g/mol. The number of aromatic nitrogens is 4. The van der Waals surface area contributed by atoms with Crippen LogP contribution < -0.4 is 5.32 Å². The molecular weight excluding hydrogens is 214 g/mol. The Morgan fingerprint density at radius 3 is 2.73 bits per heavy atom. The largest absolute Gasteiger partial charge is 0.322 e. The maximum atomic E-state index is 5.71. The quantitative estimate of drug-likeness (QED) is 0.845. The van der Waals surface area contributed by atoms with Gasteiger partial charge in [-0.1, -0.05) is 11.6 Å². The van der Waals surface area contributed by atoms with Crippen LogP contribution in [-0.4, -0.2) is 19.7 Å². The van der Waals surface area contributed by atoms with Gasteiger partial charge in [-0.15, -0.1) is 0 Å². The molecule has 0 atom stereocenters. The summed E-state index contributed by atoms with van der Waals surface area (Å²) in [5.41, 5.74) is 1.06. The van der Waals surface area contributed by atoms with Crippen LogP contribution >= 0.6 is 11.6 Å². The summed E-state index contributed by atoms with van der Waals surface area (Å²) in [6, 6.07) is 1.92. The number of hydrogen-bond acceptors (Lipinski definition) is 4. The van der Waals surface area contributed by atoms with E-state index in [-0.39, 0.29) is 0 Å². The summed E-state index contributed by atoms with van der Waals surface area (Å²) in [6.45, 7) is 1.97. The molecule has 0 unspecified atom stereocenters. The van der Waals surface area contributed by atoms with Crippen LogP contribution in [0.2, 0.25) is 5.15 Å². The second-order valence-corrected chi connectivity index (χ2v) is 3.53. The molecule has 0 bridgehead atoms. The molecule has 15 heavy (non-hydrogen) atoms. The van der Waals surface area contributed by atoms with Gasteiger partial charge in [0, 0.05) is 18.8 Å². The van der Waals surface area contributed by atoms with Crippen molar-refractivity contribution in [3.05, 3.63) is 29.3 Å². The van der Waals surface area contributed by atoms with Crippen molar-refractivity contribution in [3.63, 3.8) is 0 Å². The summed E-state index contributed by atoms with van der Waals surface area (Å²) in [5, 5.41) is 7.60. The number of anilines is 2. The lowest BCUT2D eigenvalue weighted by molar-refractivity contribution is 0.743. The molecule has 0 spiro atoms. The van der Waals surface area contributed by atoms with E-state index in [0.29, 0.717) is 11.0 Å². The summed E-state index contributed by atoms with van der Waals surface area (Å²) < 4.78 is 1.78. The van der Waals surface area contributed by atoms with Crippen molar-refractivity contribution >= 4 is 23.2 Å². The zero-order valence-electron chi connectivity index (χ0n) is 8.40. The third kappa shape index (κ3) is 2.24. The van der Waals surface area contributed by atoms with Gasteiger partial charge in [0.1, 0.15) is 5.15 Å². The predicted molar refractivity (Wildman–Crippen MR) is 58.3 cm³/mol. The van der Waals surface area contributed by atoms with Gasteiger partial charge in [0.2, 0.25) is 0 Å². The molecule has 0 saturated carbocycles. The highest BCUT2D eigenvalue weighted by Gasteiger charge is 2.02. The molecular formula is C9H10ClN5. The predicted octanol–water partition coefficient (Wildman–Crippen LogP) is 1.92. The Balaban J connectivity index is 2.22. The molecule has 78 valence electrons. The van der Waals surface area contributed by atoms with E-state index in [2.05, 4.69) is 20.4 Å². The van der Waals surface area contributed by atoms with Crippen molar-refractivity contribution in [2.24, 2.45) is 7.05 Å². The number of rotatable bonds is 2. The van der Waals surface area contributed by atoms with Gasteiger partial charge in [0.25, 0.3) is 0 Å². The standard InChI is InChI=1S/C9H10ClN5/c1-6-3-8(14-15(6)2)13-9-5-11-4-7(10)12-9/h3-5H,1-2H3,(H,12,13,14). The van der Waals surface area contributed by atoms with Crippen molar-refractivity contribution in [1.29, 1.82) is 0 Å². The minimum absolute atomic E-state index is 0.354. The van der Waals surface area contributed by atoms with Crippen LogP contribution in [0, 0.1) is 6.92 Å². The van der Waals surface area contributed by atoms with Crippen molar-refractivity contribution < 1.29 is 0 Å². The lowest BCUT2D eigenvalue weighted by Crippen LogP contribution is -1.97. The van der Waals surface area contributed by atoms with Gasteiger partial charge < -0.3 is 5.32 Å². The minimum atomic E-state index is 0.354. The van der Waals surface area contributed by atoms with E-state index in [1.54, 1.807) is 10.9 Å². The van der Waals surface area contributed by atoms with Crippen LogP contribution in [0.5, 0.6) is 0 Å². The smallest absolute Gasteiger partial charge is 0.153 e. The highest BCUT2D eigenvalue weighted by atomic mass is 35.5. The molecule has 2 heterocycles. The topological polar surface area (TPSA) is 55.6 Å². The molecule has 0 radical (unpaired) electrons. The molecule has 6 heteroatoms. The van der Waals surface area contributed by atoms with Crippen LogP contribution in [0.3, 0.4) is 0 Å². The molecule has 5 nitrogen and oxygen atoms in total. The maximum absolute atomic E-state index is 5.71. The Morgan fingerprint density at radius 2 is 2.13 bits per heavy atom. The van der Waals surface area contributed by atoms with Crippen molar-refractivity contribution in [1.82, 2.24) is 19.7 Å². The Bertz CT molecular complexity index is 460. The lowest BCUT2D eigenvalue weighted by atomic mass is 10.4. The molecule has 0 aliphatic carbocycles. The normalized spacial score (nSPS) is 10.3. The molecule has 2 aromatic rings. The van der Waals surface area contributed by atoms with Gasteiger partial charge >= 0.3 is 0 Å². The molecule has 1 N–H and O–H groups in total. The number of halogens is 1. The Kier molecular flexibility index (Phi) is 2.55. The van der Waals surface area contributed by atoms with Gasteiger partial charge in [0.15, 0.2) is 11.6 Å². The molecule has 0 aliphatic heterocycles. The molecule has 0 fully saturated rings. The van der Waals surface area contributed by atoms with Crippen LogP contribution in [0.1, 0.15) is 5.69 Å². The summed E-state index contributed by atoms with van der Waals surface area (Å²) in [5.74, 6) is 1.31. The second kappa shape index (κ2) is 3.86. The zero-order chi connectivity index (χ0) is 10.8. The third-order valence-electron chi connectivity index (χ3n) is 1.98. The highest BCUT2D eigenvalue weighted by Crippen LogP contribution is 2.14. The van der Waals surface area contributed by atoms with E-state index in [9.17, 15) is 0 Å². The van der Waals surface area contributed by atoms with Crippen molar-refractivity contribution in [2.45, 2.75) is 6.92 Å². The van der Waals surface area contributed by atoms with Crippen molar-refractivity contribution in [2.75, 3.05) is 5.32 Å². The molecule has 2 rings (SSSR count). The minimum Gasteiger partial charge on any atom is -0.322 e. The van der Waals surface area contributed by atoms with Crippen LogP contribution in [0.15, 0.2) is 18.5 Å². The molecule has 0 amide bonds. The Labute approximate surface area is 92.1 Å². The molecule has 0 saturated heterocycles. The second-order valence-electron chi connectivity index (χ2n) is 3.15. The molecule has 2 aromatic heterocycles. The van der Waals surface area contributed by atoms with Gasteiger partial charge in [-0.05, 0) is 6.92 Å². The van der Waals surface area contributed by atoms with E-state index in [1.165, 1.54) is 6.20 Å². The number of nitrogens with zero attached hydrogens (tertiary/aromatic N) is 4. The van der Waals surface area contributed by atoms with Crippen molar-refractivity contribution in [3.8, 4) is 0 Å². The molecule has 0 aromatic carbocycles. The SMILES string of the molecule is Cc1cc(Nc2cncc(Cl)n2)nn1C. The van der Waals surface area contributed by atoms with Gasteiger partial charge in [-0.3, -0.25) is 9.67 Å². The van der Waals surface area contributed by atoms with E-state index in [0.717, 1.165) is 11.5 Å². The Morgan fingerprint density at radius 1 is 1.33 bits per heavy atom. The fourth-order valence-electron chi connectivity index (χ4n) is 1.16. The Hall–Kier alpha value is -1.62. The number of nitrogens with one attached hydrogen (secondary N) is 1. The summed E-state index contributed by atoms with van der Waals surface area (Å²) >= 11 is 5.71. The fraction of sp³-hybridized carbons (Fsp3) is 0.222. The number of hydrogen-bond donors (Lipinski definition) is 1. The lowest BCUT2D eigenvalue weighted by Gasteiger charge is -2.00. The first kappa shape index (κ1) is 9.92. The van der Waals surface area contributed by atoms with Gasteiger partial charge in [-0.2, -0.15) is 5.10 Å². The maximum Gasteiger partial charge on any atom is 0.153 e. The van der Waals surface area contributed by atoms with Crippen LogP contribution in [-0.2, 0) is 7.05 Å². The summed E-state index contributed by atoms with van der Waals surface area (Å²) in [4.78, 5) is 7.97.